The van der Waals surface area contributed by atoms with Crippen LogP contribution >= 0.6 is 0 Å². The van der Waals surface area contributed by atoms with Gasteiger partial charge >= 0.3 is 0 Å². The molecule has 0 bridgehead atoms. The number of carbonyl (C=O) groups is 2. The molecule has 0 aromatic carbocycles. The number of pyridine rings is 1. The van der Waals surface area contributed by atoms with Crippen molar-refractivity contribution in [2.75, 3.05) is 46.0 Å². The summed E-state index contributed by atoms with van der Waals surface area (Å²) in [5, 5.41) is 15.6. The average molecular weight is 421 g/mol. The molecule has 0 aliphatic carbocycles. The van der Waals surface area contributed by atoms with Crippen LogP contribution in [0.3, 0.4) is 0 Å². The lowest BCUT2D eigenvalue weighted by Crippen LogP contribution is -2.53. The van der Waals surface area contributed by atoms with Gasteiger partial charge in [0.05, 0.1) is 44.9 Å². The highest BCUT2D eigenvalue weighted by Crippen LogP contribution is 2.22. The number of hydrogen-bond acceptors (Lipinski definition) is 7. The second kappa shape index (κ2) is 11.9. The Morgan fingerprint density at radius 1 is 1.17 bits per heavy atom. The van der Waals surface area contributed by atoms with Gasteiger partial charge in [-0.2, -0.15) is 0 Å². The lowest BCUT2D eigenvalue weighted by atomic mass is 9.97. The summed E-state index contributed by atoms with van der Waals surface area (Å²) in [6.45, 7) is 3.46. The highest BCUT2D eigenvalue weighted by molar-refractivity contribution is 5.78. The van der Waals surface area contributed by atoms with Crippen LogP contribution in [-0.4, -0.2) is 91.1 Å². The molecule has 2 saturated heterocycles. The second-order valence-corrected chi connectivity index (χ2v) is 7.78. The third-order valence-corrected chi connectivity index (χ3v) is 5.51. The minimum atomic E-state index is -0.498. The Morgan fingerprint density at radius 3 is 2.67 bits per heavy atom. The zero-order valence-corrected chi connectivity index (χ0v) is 17.3. The van der Waals surface area contributed by atoms with E-state index in [9.17, 15) is 14.7 Å². The molecule has 1 aromatic heterocycles. The summed E-state index contributed by atoms with van der Waals surface area (Å²) >= 11 is 0. The van der Waals surface area contributed by atoms with E-state index in [0.29, 0.717) is 39.1 Å². The van der Waals surface area contributed by atoms with E-state index in [1.165, 1.54) is 0 Å². The summed E-state index contributed by atoms with van der Waals surface area (Å²) in [7, 11) is 0. The summed E-state index contributed by atoms with van der Waals surface area (Å²) in [4.78, 5) is 30.6. The molecule has 3 rings (SSSR count). The van der Waals surface area contributed by atoms with Crippen molar-refractivity contribution in [1.29, 1.82) is 0 Å². The largest absolute Gasteiger partial charge is 0.394 e. The zero-order chi connectivity index (χ0) is 21.2. The lowest BCUT2D eigenvalue weighted by molar-refractivity contribution is -0.136. The molecule has 9 nitrogen and oxygen atoms in total. The van der Waals surface area contributed by atoms with E-state index in [1.54, 1.807) is 12.4 Å². The number of morpholine rings is 1. The molecule has 0 saturated carbocycles. The molecule has 2 amide bonds. The van der Waals surface area contributed by atoms with Crippen molar-refractivity contribution >= 4 is 11.8 Å². The number of rotatable bonds is 9. The van der Waals surface area contributed by atoms with Crippen LogP contribution in [0.2, 0.25) is 0 Å². The maximum Gasteiger partial charge on any atom is 0.234 e. The first kappa shape index (κ1) is 22.6. The predicted octanol–water partition coefficient (Wildman–Crippen LogP) is -0.513. The summed E-state index contributed by atoms with van der Waals surface area (Å²) < 4.78 is 11.2. The Morgan fingerprint density at radius 2 is 1.93 bits per heavy atom. The predicted molar refractivity (Wildman–Crippen MR) is 110 cm³/mol. The standard InChI is InChI=1S/C21H32N4O5/c26-15-19-18(24-21(28)14-25-9-11-29-12-10-25)2-1-17(30-19)13-20(27)23-8-5-16-3-6-22-7-4-16/h3-4,6-7,17-19,26H,1-2,5,8-15H2,(H,23,27)(H,24,28)/t17-,18-,19-/m0/s1. The molecule has 2 aliphatic rings. The summed E-state index contributed by atoms with van der Waals surface area (Å²) in [5.74, 6) is -0.142. The van der Waals surface area contributed by atoms with Crippen LogP contribution in [0.5, 0.6) is 0 Å². The van der Waals surface area contributed by atoms with Gasteiger partial charge in [-0.1, -0.05) is 0 Å². The van der Waals surface area contributed by atoms with Gasteiger partial charge in [-0.15, -0.1) is 0 Å². The molecule has 2 fully saturated rings. The maximum atomic E-state index is 12.3. The van der Waals surface area contributed by atoms with Crippen molar-refractivity contribution in [3.8, 4) is 0 Å². The van der Waals surface area contributed by atoms with Gasteiger partial charge in [-0.05, 0) is 37.0 Å². The Bertz CT molecular complexity index is 669. The van der Waals surface area contributed by atoms with Crippen molar-refractivity contribution in [2.24, 2.45) is 0 Å². The zero-order valence-electron chi connectivity index (χ0n) is 17.3. The first-order chi connectivity index (χ1) is 14.6. The summed E-state index contributed by atoms with van der Waals surface area (Å²) in [6.07, 6.45) is 5.05. The van der Waals surface area contributed by atoms with Gasteiger partial charge in [-0.3, -0.25) is 19.5 Å². The highest BCUT2D eigenvalue weighted by Gasteiger charge is 2.33. The van der Waals surface area contributed by atoms with Gasteiger partial charge in [0.25, 0.3) is 0 Å². The van der Waals surface area contributed by atoms with E-state index < -0.39 is 6.10 Å². The van der Waals surface area contributed by atoms with Crippen LogP contribution in [0.1, 0.15) is 24.8 Å². The number of carbonyl (C=O) groups excluding carboxylic acids is 2. The summed E-state index contributed by atoms with van der Waals surface area (Å²) in [5.41, 5.74) is 1.12. The van der Waals surface area contributed by atoms with Crippen molar-refractivity contribution in [3.05, 3.63) is 30.1 Å². The van der Waals surface area contributed by atoms with Crippen molar-refractivity contribution in [1.82, 2.24) is 20.5 Å². The maximum absolute atomic E-state index is 12.3. The highest BCUT2D eigenvalue weighted by atomic mass is 16.5. The number of aliphatic hydroxyl groups is 1. The third-order valence-electron chi connectivity index (χ3n) is 5.51. The number of nitrogens with zero attached hydrogens (tertiary/aromatic N) is 2. The first-order valence-corrected chi connectivity index (χ1v) is 10.7. The van der Waals surface area contributed by atoms with E-state index >= 15 is 0 Å². The molecule has 166 valence electrons. The quantitative estimate of drug-likeness (QED) is 0.493. The van der Waals surface area contributed by atoms with Crippen LogP contribution in [0.4, 0.5) is 0 Å². The molecule has 0 radical (unpaired) electrons. The topological polar surface area (TPSA) is 113 Å². The fraction of sp³-hybridized carbons (Fsp3) is 0.667. The monoisotopic (exact) mass is 420 g/mol. The normalized spacial score (nSPS) is 24.9. The SMILES string of the molecule is O=C(C[C@@H]1CC[C@H](NC(=O)CN2CCOCC2)[C@H](CO)O1)NCCc1ccncc1. The smallest absolute Gasteiger partial charge is 0.234 e. The average Bonchev–Trinajstić information content (AvgIpc) is 2.76. The molecule has 1 aromatic rings. The van der Waals surface area contributed by atoms with Crippen molar-refractivity contribution < 1.29 is 24.2 Å². The first-order valence-electron chi connectivity index (χ1n) is 10.7. The Kier molecular flexibility index (Phi) is 9.00. The van der Waals surface area contributed by atoms with Crippen molar-refractivity contribution in [3.63, 3.8) is 0 Å². The van der Waals surface area contributed by atoms with E-state index in [1.807, 2.05) is 12.1 Å². The van der Waals surface area contributed by atoms with E-state index in [4.69, 9.17) is 9.47 Å². The summed E-state index contributed by atoms with van der Waals surface area (Å²) in [6, 6.07) is 3.61. The van der Waals surface area contributed by atoms with Crippen LogP contribution < -0.4 is 10.6 Å². The van der Waals surface area contributed by atoms with Crippen LogP contribution in [0, 0.1) is 0 Å². The van der Waals surface area contributed by atoms with Crippen molar-refractivity contribution in [2.45, 2.75) is 43.9 Å². The molecule has 30 heavy (non-hydrogen) atoms. The molecule has 3 N–H and O–H groups in total. The minimum Gasteiger partial charge on any atom is -0.394 e. The number of aliphatic hydroxyl groups excluding tert-OH is 1. The minimum absolute atomic E-state index is 0.0689. The van der Waals surface area contributed by atoms with Gasteiger partial charge < -0.3 is 25.2 Å². The fourth-order valence-corrected chi connectivity index (χ4v) is 3.84. The number of ether oxygens (including phenoxy) is 2. The Balaban J connectivity index is 1.36. The number of nitrogens with one attached hydrogen (secondary N) is 2. The molecular weight excluding hydrogens is 388 g/mol. The van der Waals surface area contributed by atoms with Gasteiger partial charge in [-0.25, -0.2) is 0 Å². The molecule has 2 aliphatic heterocycles. The van der Waals surface area contributed by atoms with E-state index in [2.05, 4.69) is 20.5 Å². The Labute approximate surface area is 177 Å². The Hall–Kier alpha value is -2.07. The van der Waals surface area contributed by atoms with E-state index in [0.717, 1.165) is 25.1 Å². The van der Waals surface area contributed by atoms with Gasteiger partial charge in [0.1, 0.15) is 6.10 Å². The number of aromatic nitrogens is 1. The number of hydrogen-bond donors (Lipinski definition) is 3. The molecule has 3 atom stereocenters. The molecule has 0 spiro atoms. The van der Waals surface area contributed by atoms with Crippen LogP contribution in [0.25, 0.3) is 0 Å². The molecule has 0 unspecified atom stereocenters. The molecular formula is C21H32N4O5. The van der Waals surface area contributed by atoms with Gasteiger partial charge in [0.2, 0.25) is 11.8 Å². The molecule has 9 heteroatoms. The van der Waals surface area contributed by atoms with E-state index in [-0.39, 0.29) is 37.0 Å². The van der Waals surface area contributed by atoms with Gasteiger partial charge in [0.15, 0.2) is 0 Å². The fourth-order valence-electron chi connectivity index (χ4n) is 3.84. The molecule has 3 heterocycles. The van der Waals surface area contributed by atoms with Gasteiger partial charge in [0, 0.05) is 32.0 Å². The van der Waals surface area contributed by atoms with Crippen LogP contribution in [-0.2, 0) is 25.5 Å². The lowest BCUT2D eigenvalue weighted by Gasteiger charge is -2.36. The van der Waals surface area contributed by atoms with Crippen LogP contribution in [0.15, 0.2) is 24.5 Å². The second-order valence-electron chi connectivity index (χ2n) is 7.78. The third kappa shape index (κ3) is 7.32. The number of amides is 2.